The maximum absolute atomic E-state index is 6.04. The Balaban J connectivity index is 0.000000114. The van der Waals surface area contributed by atoms with Crippen LogP contribution in [0.1, 0.15) is 38.5 Å². The number of nitrogens with zero attached hydrogens (tertiary/aromatic N) is 6. The third-order valence-electron chi connectivity index (χ3n) is 10.8. The van der Waals surface area contributed by atoms with Crippen molar-refractivity contribution in [1.82, 2.24) is 25.2 Å². The van der Waals surface area contributed by atoms with Gasteiger partial charge in [-0.1, -0.05) is 53.7 Å². The van der Waals surface area contributed by atoms with Gasteiger partial charge >= 0.3 is 0 Å². The van der Waals surface area contributed by atoms with Crippen LogP contribution in [-0.4, -0.2) is 81.9 Å². The topological polar surface area (TPSA) is 113 Å². The third kappa shape index (κ3) is 6.34. The maximum Gasteiger partial charge on any atom is 0.160 e. The van der Waals surface area contributed by atoms with E-state index in [1.54, 1.807) is 0 Å². The number of nitrogens with one attached hydrogen (secondary N) is 1. The van der Waals surface area contributed by atoms with Crippen LogP contribution in [0.3, 0.4) is 0 Å². The van der Waals surface area contributed by atoms with E-state index in [0.29, 0.717) is 17.7 Å². The molecule has 7 saturated heterocycles. The van der Waals surface area contributed by atoms with E-state index in [9.17, 15) is 0 Å². The minimum Gasteiger partial charge on any atom is -0.386 e. The van der Waals surface area contributed by atoms with Crippen LogP contribution in [0, 0.1) is 11.8 Å². The molecule has 0 saturated carbocycles. The average Bonchev–Trinajstić information content (AvgIpc) is 3.67. The van der Waals surface area contributed by atoms with Crippen molar-refractivity contribution in [1.29, 1.82) is 0 Å². The van der Waals surface area contributed by atoms with Crippen LogP contribution in [0.4, 0.5) is 5.82 Å². The van der Waals surface area contributed by atoms with Gasteiger partial charge in [-0.05, 0) is 96.6 Å². The predicted molar refractivity (Wildman–Crippen MR) is 188 cm³/mol. The Morgan fingerprint density at radius 1 is 0.766 bits per heavy atom. The zero-order valence-electron chi connectivity index (χ0n) is 26.5. The lowest BCUT2D eigenvalue weighted by atomic mass is 9.74. The molecule has 12 rings (SSSR count). The van der Waals surface area contributed by atoms with E-state index < -0.39 is 0 Å². The molecule has 2 unspecified atom stereocenters. The zero-order valence-corrected chi connectivity index (χ0v) is 28.1. The van der Waals surface area contributed by atoms with Crippen LogP contribution in [0.2, 0.25) is 0 Å². The highest BCUT2D eigenvalue weighted by molar-refractivity contribution is 9.10. The second-order valence-electron chi connectivity index (χ2n) is 13.8. The number of fused-ring (bicyclic) bond motifs is 6. The molecule has 8 aliphatic heterocycles. The summed E-state index contributed by atoms with van der Waals surface area (Å²) in [5.41, 5.74) is 8.64. The first-order valence-electron chi connectivity index (χ1n) is 16.8. The van der Waals surface area contributed by atoms with E-state index in [1.807, 2.05) is 48.8 Å². The first-order valence-corrected chi connectivity index (χ1v) is 17.6. The van der Waals surface area contributed by atoms with Crippen LogP contribution >= 0.6 is 15.9 Å². The molecule has 11 heteroatoms. The molecule has 2 spiro atoms. The number of hydrogen-bond donors (Lipinski definition) is 2. The Kier molecular flexibility index (Phi) is 8.33. The summed E-state index contributed by atoms with van der Waals surface area (Å²) in [5.74, 6) is 3.66. The number of rotatable bonds is 1. The van der Waals surface area contributed by atoms with Crippen LogP contribution < -0.4 is 11.2 Å². The number of pyridine rings is 2. The molecule has 10 heterocycles. The quantitative estimate of drug-likeness (QED) is 0.241. The van der Waals surface area contributed by atoms with Crippen molar-refractivity contribution < 1.29 is 9.68 Å². The molecule has 244 valence electrons. The lowest BCUT2D eigenvalue weighted by molar-refractivity contribution is -0.150. The SMILES string of the molecule is Brc1cc2ccccc2cn1.NC1=NOC2(C1)CN1CCC2CC1.c1ccc2cc(N=C3CC4(CN5CCC4CC5)ON3)ncc2c1. The van der Waals surface area contributed by atoms with E-state index in [1.165, 1.54) is 68.0 Å². The Bertz CT molecular complexity index is 1820. The van der Waals surface area contributed by atoms with Gasteiger partial charge < -0.3 is 15.5 Å². The van der Waals surface area contributed by atoms with Crippen LogP contribution in [-0.2, 0) is 9.68 Å². The Morgan fingerprint density at radius 3 is 1.91 bits per heavy atom. The molecule has 10 nitrogen and oxygen atoms in total. The number of hydrogen-bond acceptors (Lipinski definition) is 9. The summed E-state index contributed by atoms with van der Waals surface area (Å²) in [6.45, 7) is 6.95. The summed E-state index contributed by atoms with van der Waals surface area (Å²) < 4.78 is 0.885. The largest absolute Gasteiger partial charge is 0.386 e. The van der Waals surface area contributed by atoms with Gasteiger partial charge in [0.25, 0.3) is 0 Å². The van der Waals surface area contributed by atoms with E-state index in [0.717, 1.165) is 47.6 Å². The first kappa shape index (κ1) is 30.7. The van der Waals surface area contributed by atoms with Gasteiger partial charge in [-0.15, -0.1) is 0 Å². The van der Waals surface area contributed by atoms with Gasteiger partial charge in [-0.3, -0.25) is 15.2 Å². The fourth-order valence-corrected chi connectivity index (χ4v) is 8.65. The second-order valence-corrected chi connectivity index (χ2v) is 14.6. The molecular formula is C36H41BrN8O2. The normalized spacial score (nSPS) is 32.4. The smallest absolute Gasteiger partial charge is 0.160 e. The highest BCUT2D eigenvalue weighted by Gasteiger charge is 2.53. The first-order chi connectivity index (χ1) is 23.0. The van der Waals surface area contributed by atoms with Gasteiger partial charge in [0.1, 0.15) is 21.9 Å². The van der Waals surface area contributed by atoms with Crippen molar-refractivity contribution in [3.05, 3.63) is 77.7 Å². The molecular weight excluding hydrogens is 656 g/mol. The van der Waals surface area contributed by atoms with Crippen LogP contribution in [0.25, 0.3) is 21.5 Å². The predicted octanol–water partition coefficient (Wildman–Crippen LogP) is 5.79. The third-order valence-corrected chi connectivity index (χ3v) is 11.2. The number of nitrogens with two attached hydrogens (primary N) is 1. The summed E-state index contributed by atoms with van der Waals surface area (Å²) in [5, 5.41) is 8.60. The summed E-state index contributed by atoms with van der Waals surface area (Å²) in [7, 11) is 0. The van der Waals surface area contributed by atoms with Gasteiger partial charge in [0.05, 0.1) is 6.42 Å². The molecule has 7 fully saturated rings. The number of aliphatic imine (C=N–C) groups is 1. The monoisotopic (exact) mass is 696 g/mol. The molecule has 47 heavy (non-hydrogen) atoms. The van der Waals surface area contributed by atoms with E-state index >= 15 is 0 Å². The Morgan fingerprint density at radius 2 is 1.34 bits per heavy atom. The van der Waals surface area contributed by atoms with Crippen molar-refractivity contribution in [3.63, 3.8) is 0 Å². The molecule has 8 aliphatic rings. The van der Waals surface area contributed by atoms with Gasteiger partial charge in [0.2, 0.25) is 0 Å². The number of piperidine rings is 6. The van der Waals surface area contributed by atoms with Crippen molar-refractivity contribution in [2.75, 3.05) is 39.3 Å². The summed E-state index contributed by atoms with van der Waals surface area (Å²) in [6, 6.07) is 20.4. The number of benzene rings is 2. The van der Waals surface area contributed by atoms with E-state index in [4.69, 9.17) is 20.4 Å². The van der Waals surface area contributed by atoms with Crippen LogP contribution in [0.15, 0.2) is 87.8 Å². The molecule has 2 aromatic carbocycles. The van der Waals surface area contributed by atoms with Crippen molar-refractivity contribution in [3.8, 4) is 0 Å². The van der Waals surface area contributed by atoms with Crippen molar-refractivity contribution in [2.24, 2.45) is 27.7 Å². The zero-order chi connectivity index (χ0) is 31.8. The molecule has 0 radical (unpaired) electrons. The molecule has 4 aromatic rings. The number of amidine groups is 2. The van der Waals surface area contributed by atoms with Crippen molar-refractivity contribution >= 4 is 55.0 Å². The molecule has 0 amide bonds. The fourth-order valence-electron chi connectivity index (χ4n) is 8.30. The lowest BCUT2D eigenvalue weighted by Crippen LogP contribution is -2.59. The second kappa shape index (κ2) is 12.8. The molecule has 2 atom stereocenters. The minimum absolute atomic E-state index is 0.0411. The van der Waals surface area contributed by atoms with Gasteiger partial charge in [-0.2, -0.15) is 0 Å². The van der Waals surface area contributed by atoms with E-state index in [-0.39, 0.29) is 11.2 Å². The lowest BCUT2D eigenvalue weighted by Gasteiger charge is -2.49. The van der Waals surface area contributed by atoms with Gasteiger partial charge in [0, 0.05) is 48.6 Å². The minimum atomic E-state index is -0.0772. The van der Waals surface area contributed by atoms with Gasteiger partial charge in [-0.25, -0.2) is 15.0 Å². The number of oxime groups is 1. The van der Waals surface area contributed by atoms with Crippen molar-refractivity contribution in [2.45, 2.75) is 49.7 Å². The summed E-state index contributed by atoms with van der Waals surface area (Å²) >= 11 is 3.32. The molecule has 4 bridgehead atoms. The highest BCUT2D eigenvalue weighted by Crippen LogP contribution is 2.43. The summed E-state index contributed by atoms with van der Waals surface area (Å²) in [6.07, 6.45) is 10.4. The number of aromatic nitrogens is 2. The fraction of sp³-hybridized carbons (Fsp3) is 0.444. The highest BCUT2D eigenvalue weighted by atomic mass is 79.9. The van der Waals surface area contributed by atoms with Crippen LogP contribution in [0.5, 0.6) is 0 Å². The van der Waals surface area contributed by atoms with Gasteiger partial charge in [0.15, 0.2) is 11.4 Å². The molecule has 2 aromatic heterocycles. The maximum atomic E-state index is 6.04. The number of hydroxylamine groups is 1. The van der Waals surface area contributed by atoms with E-state index in [2.05, 4.69) is 70.6 Å². The average molecular weight is 698 g/mol. The Labute approximate surface area is 283 Å². The Hall–Kier alpha value is -3.64. The number of halogens is 1. The summed E-state index contributed by atoms with van der Waals surface area (Å²) in [4.78, 5) is 29.8. The molecule has 0 aliphatic carbocycles. The molecule has 3 N–H and O–H groups in total. The standard InChI is InChI=1S/C18H20N4O.C9H6BrN.C9H15N3O/c1-2-4-14-11-19-16(9-13(14)3-1)20-17-10-18(23-21-17)12-22-7-5-15(18)6-8-22;10-9-5-7-3-1-2-4-8(7)6-11-9;10-8-5-9(13-11-8)6-12-3-1-7(9)2-4-12/h1-4,9,11,15H,5-8,10,12H2,(H,19,20,21);1-6H;7H,1-6H2,(H2,10,11).